The minimum absolute atomic E-state index is 0.0256. The molecule has 0 aliphatic carbocycles. The average molecular weight is 323 g/mol. The Morgan fingerprint density at radius 3 is 2.83 bits per heavy atom. The van der Waals surface area contributed by atoms with Crippen LogP contribution >= 0.6 is 0 Å². The Labute approximate surface area is 131 Å². The fraction of sp³-hybridized carbons (Fsp3) is 0.375. The van der Waals surface area contributed by atoms with E-state index in [9.17, 15) is 18.0 Å². The highest BCUT2D eigenvalue weighted by molar-refractivity contribution is 5.94. The van der Waals surface area contributed by atoms with Gasteiger partial charge in [-0.25, -0.2) is 0 Å². The van der Waals surface area contributed by atoms with E-state index in [1.54, 1.807) is 41.3 Å². The van der Waals surface area contributed by atoms with Crippen molar-refractivity contribution in [3.63, 3.8) is 0 Å². The van der Waals surface area contributed by atoms with E-state index in [1.165, 1.54) is 0 Å². The van der Waals surface area contributed by atoms with Crippen LogP contribution in [0.1, 0.15) is 28.8 Å². The summed E-state index contributed by atoms with van der Waals surface area (Å²) in [6.07, 6.45) is -0.592. The maximum absolute atomic E-state index is 13.0. The van der Waals surface area contributed by atoms with Crippen molar-refractivity contribution in [1.29, 1.82) is 0 Å². The van der Waals surface area contributed by atoms with Crippen molar-refractivity contribution in [3.8, 4) is 0 Å². The van der Waals surface area contributed by atoms with Crippen LogP contribution in [-0.2, 0) is 6.54 Å². The number of carbonyl (C=O) groups excluding carboxylic acids is 1. The summed E-state index contributed by atoms with van der Waals surface area (Å²) in [5.41, 5.74) is 1.10. The summed E-state index contributed by atoms with van der Waals surface area (Å²) in [7, 11) is 0. The predicted octanol–water partition coefficient (Wildman–Crippen LogP) is 3.10. The second kappa shape index (κ2) is 6.06. The van der Waals surface area contributed by atoms with Gasteiger partial charge in [0.25, 0.3) is 5.91 Å². The van der Waals surface area contributed by atoms with Gasteiger partial charge in [0.15, 0.2) is 0 Å². The smallest absolute Gasteiger partial charge is 0.327 e. The topological polar surface area (TPSA) is 38.1 Å². The van der Waals surface area contributed by atoms with Crippen LogP contribution in [0.2, 0.25) is 0 Å². The number of hydrogen-bond acceptors (Lipinski definition) is 2. The van der Waals surface area contributed by atoms with Crippen molar-refractivity contribution in [2.24, 2.45) is 0 Å². The minimum Gasteiger partial charge on any atom is -0.327 e. The fourth-order valence-corrected chi connectivity index (χ4v) is 2.90. The minimum atomic E-state index is -4.38. The van der Waals surface area contributed by atoms with Gasteiger partial charge in [-0.3, -0.25) is 9.48 Å². The molecule has 1 aromatic carbocycles. The molecule has 7 heteroatoms. The molecule has 4 nitrogen and oxygen atoms in total. The molecule has 2 heterocycles. The first-order chi connectivity index (χ1) is 10.9. The molecule has 0 saturated carbocycles. The molecule has 0 radical (unpaired) electrons. The van der Waals surface area contributed by atoms with Gasteiger partial charge < -0.3 is 4.90 Å². The predicted molar refractivity (Wildman–Crippen MR) is 77.9 cm³/mol. The highest BCUT2D eigenvalue weighted by Gasteiger charge is 2.47. The zero-order chi connectivity index (χ0) is 16.4. The lowest BCUT2D eigenvalue weighted by Crippen LogP contribution is -2.44. The number of benzene rings is 1. The first-order valence-corrected chi connectivity index (χ1v) is 7.39. The van der Waals surface area contributed by atoms with E-state index in [-0.39, 0.29) is 18.5 Å². The molecule has 0 spiro atoms. The molecule has 23 heavy (non-hydrogen) atoms. The van der Waals surface area contributed by atoms with Crippen LogP contribution in [0, 0.1) is 0 Å². The average Bonchev–Trinajstić information content (AvgIpc) is 3.17. The third-order valence-electron chi connectivity index (χ3n) is 3.97. The Bertz CT molecular complexity index is 682. The van der Waals surface area contributed by atoms with Crippen LogP contribution in [0.5, 0.6) is 0 Å². The number of halogens is 3. The van der Waals surface area contributed by atoms with Gasteiger partial charge >= 0.3 is 6.18 Å². The normalized spacial score (nSPS) is 18.4. The van der Waals surface area contributed by atoms with E-state index in [0.29, 0.717) is 13.0 Å². The lowest BCUT2D eigenvalue weighted by molar-refractivity contribution is -0.169. The Morgan fingerprint density at radius 2 is 2.13 bits per heavy atom. The fourth-order valence-electron chi connectivity index (χ4n) is 2.90. The molecule has 1 atom stereocenters. The number of amides is 1. The SMILES string of the molecule is O=C(c1cccc(Cn2cccn2)c1)N1CCC[C@H]1C(F)(F)F. The quantitative estimate of drug-likeness (QED) is 0.870. The van der Waals surface area contributed by atoms with Crippen LogP contribution in [0.4, 0.5) is 13.2 Å². The van der Waals surface area contributed by atoms with Gasteiger partial charge in [0.05, 0.1) is 6.54 Å². The molecule has 122 valence electrons. The Morgan fingerprint density at radius 1 is 1.30 bits per heavy atom. The lowest BCUT2D eigenvalue weighted by Gasteiger charge is -2.26. The maximum atomic E-state index is 13.0. The summed E-state index contributed by atoms with van der Waals surface area (Å²) in [5, 5.41) is 4.08. The van der Waals surface area contributed by atoms with Crippen LogP contribution < -0.4 is 0 Å². The van der Waals surface area contributed by atoms with Crippen molar-refractivity contribution in [1.82, 2.24) is 14.7 Å². The third kappa shape index (κ3) is 3.38. The molecule has 1 aromatic heterocycles. The summed E-state index contributed by atoms with van der Waals surface area (Å²) in [4.78, 5) is 13.4. The molecule has 0 bridgehead atoms. The van der Waals surface area contributed by atoms with Crippen LogP contribution in [-0.4, -0.2) is 39.4 Å². The second-order valence-electron chi connectivity index (χ2n) is 5.60. The van der Waals surface area contributed by atoms with Gasteiger partial charge in [-0.1, -0.05) is 12.1 Å². The number of rotatable bonds is 3. The van der Waals surface area contributed by atoms with E-state index < -0.39 is 18.1 Å². The Balaban J connectivity index is 1.79. The first kappa shape index (κ1) is 15.6. The van der Waals surface area contributed by atoms with Crippen molar-refractivity contribution >= 4 is 5.91 Å². The number of alkyl halides is 3. The zero-order valence-corrected chi connectivity index (χ0v) is 12.3. The zero-order valence-electron chi connectivity index (χ0n) is 12.3. The standard InChI is InChI=1S/C16H16F3N3O/c17-16(18,19)14-6-2-9-22(14)15(23)13-5-1-4-12(10-13)11-21-8-3-7-20-21/h1,3-5,7-8,10,14H,2,6,9,11H2/t14-/m0/s1. The van der Waals surface area contributed by atoms with Gasteiger partial charge in [-0.2, -0.15) is 18.3 Å². The lowest BCUT2D eigenvalue weighted by atomic mass is 10.1. The molecule has 0 N–H and O–H groups in total. The number of hydrogen-bond donors (Lipinski definition) is 0. The van der Waals surface area contributed by atoms with Gasteiger partial charge in [0, 0.05) is 24.5 Å². The molecule has 1 saturated heterocycles. The second-order valence-corrected chi connectivity index (χ2v) is 5.60. The summed E-state index contributed by atoms with van der Waals surface area (Å²) in [6, 6.07) is 6.81. The first-order valence-electron chi connectivity index (χ1n) is 7.39. The van der Waals surface area contributed by atoms with Gasteiger partial charge in [0.2, 0.25) is 0 Å². The molecule has 1 aliphatic rings. The Kier molecular flexibility index (Phi) is 4.11. The number of nitrogens with zero attached hydrogens (tertiary/aromatic N) is 3. The van der Waals surface area contributed by atoms with E-state index in [2.05, 4.69) is 5.10 Å². The number of likely N-dealkylation sites (tertiary alicyclic amines) is 1. The van der Waals surface area contributed by atoms with Crippen molar-refractivity contribution in [2.75, 3.05) is 6.54 Å². The molecular weight excluding hydrogens is 307 g/mol. The largest absolute Gasteiger partial charge is 0.408 e. The van der Waals surface area contributed by atoms with Gasteiger partial charge in [-0.15, -0.1) is 0 Å². The highest BCUT2D eigenvalue weighted by atomic mass is 19.4. The summed E-state index contributed by atoms with van der Waals surface area (Å²) in [6.45, 7) is 0.614. The van der Waals surface area contributed by atoms with E-state index in [1.807, 2.05) is 6.07 Å². The van der Waals surface area contributed by atoms with Crippen LogP contribution in [0.25, 0.3) is 0 Å². The monoisotopic (exact) mass is 323 g/mol. The molecule has 2 aromatic rings. The number of aromatic nitrogens is 2. The van der Waals surface area contributed by atoms with Crippen LogP contribution in [0.3, 0.4) is 0 Å². The molecule has 1 fully saturated rings. The Hall–Kier alpha value is -2.31. The van der Waals surface area contributed by atoms with Crippen molar-refractivity contribution < 1.29 is 18.0 Å². The molecule has 0 unspecified atom stereocenters. The van der Waals surface area contributed by atoms with E-state index >= 15 is 0 Å². The summed E-state index contributed by atoms with van der Waals surface area (Å²) >= 11 is 0. The molecule has 1 amide bonds. The third-order valence-corrected chi connectivity index (χ3v) is 3.97. The highest BCUT2D eigenvalue weighted by Crippen LogP contribution is 2.33. The van der Waals surface area contributed by atoms with E-state index in [0.717, 1.165) is 10.5 Å². The summed E-state index contributed by atoms with van der Waals surface area (Å²) in [5.74, 6) is -0.563. The van der Waals surface area contributed by atoms with Gasteiger partial charge in [0.1, 0.15) is 6.04 Å². The van der Waals surface area contributed by atoms with Crippen LogP contribution in [0.15, 0.2) is 42.7 Å². The summed E-state index contributed by atoms with van der Waals surface area (Å²) < 4.78 is 40.7. The van der Waals surface area contributed by atoms with Crippen molar-refractivity contribution in [3.05, 3.63) is 53.9 Å². The van der Waals surface area contributed by atoms with Crippen molar-refractivity contribution in [2.45, 2.75) is 31.6 Å². The maximum Gasteiger partial charge on any atom is 0.408 e. The molecule has 3 rings (SSSR count). The van der Waals surface area contributed by atoms with E-state index in [4.69, 9.17) is 0 Å². The number of carbonyl (C=O) groups is 1. The van der Waals surface area contributed by atoms with Gasteiger partial charge in [-0.05, 0) is 36.6 Å². The molecular formula is C16H16F3N3O. The molecule has 1 aliphatic heterocycles.